The fourth-order valence-electron chi connectivity index (χ4n) is 5.38. The van der Waals surface area contributed by atoms with Gasteiger partial charge in [-0.25, -0.2) is 4.98 Å². The predicted molar refractivity (Wildman–Crippen MR) is 123 cm³/mol. The van der Waals surface area contributed by atoms with Gasteiger partial charge in [0.1, 0.15) is 23.9 Å². The van der Waals surface area contributed by atoms with Gasteiger partial charge in [0.15, 0.2) is 6.20 Å². The van der Waals surface area contributed by atoms with Crippen LogP contribution in [0.1, 0.15) is 62.9 Å². The zero-order chi connectivity index (χ0) is 21.4. The van der Waals surface area contributed by atoms with E-state index in [4.69, 9.17) is 4.42 Å². The summed E-state index contributed by atoms with van der Waals surface area (Å²) in [6.07, 6.45) is 6.44. The number of aromatic nitrogens is 2. The number of furan rings is 1. The molecule has 0 N–H and O–H groups in total. The molecule has 0 bridgehead atoms. The Morgan fingerprint density at radius 2 is 1.70 bits per heavy atom. The second-order valence-corrected chi connectivity index (χ2v) is 10.4. The van der Waals surface area contributed by atoms with Gasteiger partial charge in [-0.2, -0.15) is 4.57 Å². The maximum atomic E-state index is 6.59. The molecule has 1 aliphatic rings. The fourth-order valence-corrected chi connectivity index (χ4v) is 5.38. The van der Waals surface area contributed by atoms with Crippen molar-refractivity contribution in [2.45, 2.75) is 65.2 Å². The van der Waals surface area contributed by atoms with E-state index in [1.165, 1.54) is 40.3 Å². The Morgan fingerprint density at radius 3 is 2.43 bits per heavy atom. The number of benzene rings is 2. The molecule has 2 aromatic carbocycles. The van der Waals surface area contributed by atoms with Crippen LogP contribution in [0.4, 0.5) is 0 Å². The average Bonchev–Trinajstić information content (AvgIpc) is 3.04. The molecule has 3 heteroatoms. The van der Waals surface area contributed by atoms with Gasteiger partial charge in [0, 0.05) is 10.8 Å². The Bertz CT molecular complexity index is 1320. The van der Waals surface area contributed by atoms with Crippen molar-refractivity contribution >= 4 is 21.9 Å². The van der Waals surface area contributed by atoms with E-state index < -0.39 is 0 Å². The zero-order valence-corrected chi connectivity index (χ0v) is 19.2. The lowest BCUT2D eigenvalue weighted by molar-refractivity contribution is -0.661. The molecule has 1 aliphatic carbocycles. The van der Waals surface area contributed by atoms with Gasteiger partial charge >= 0.3 is 0 Å². The number of rotatable bonds is 1. The van der Waals surface area contributed by atoms with E-state index in [0.29, 0.717) is 0 Å². The lowest BCUT2D eigenvalue weighted by atomic mass is 9.62. The monoisotopic (exact) mass is 399 g/mol. The second kappa shape index (κ2) is 6.16. The fraction of sp³-hybridized carbons (Fsp3) is 0.407. The van der Waals surface area contributed by atoms with Gasteiger partial charge in [0.25, 0.3) is 0 Å². The summed E-state index contributed by atoms with van der Waals surface area (Å²) in [5.74, 6) is 0. The van der Waals surface area contributed by atoms with Crippen molar-refractivity contribution in [3.63, 3.8) is 0 Å². The normalized spacial score (nSPS) is 17.4. The smallest absolute Gasteiger partial charge is 0.234 e. The lowest BCUT2D eigenvalue weighted by Crippen LogP contribution is -2.33. The van der Waals surface area contributed by atoms with Crippen LogP contribution in [-0.2, 0) is 17.9 Å². The van der Waals surface area contributed by atoms with Crippen LogP contribution in [0, 0.1) is 13.8 Å². The number of aryl methyl sites for hydroxylation is 3. The maximum absolute atomic E-state index is 6.59. The van der Waals surface area contributed by atoms with Crippen molar-refractivity contribution < 1.29 is 8.98 Å². The summed E-state index contributed by atoms with van der Waals surface area (Å²) in [7, 11) is 2.08. The molecule has 154 valence electrons. The molecule has 0 saturated heterocycles. The molecule has 4 aromatic rings. The summed E-state index contributed by atoms with van der Waals surface area (Å²) >= 11 is 0. The molecule has 0 unspecified atom stereocenters. The molecule has 0 spiro atoms. The van der Waals surface area contributed by atoms with Gasteiger partial charge in [-0.15, -0.1) is 0 Å². The summed E-state index contributed by atoms with van der Waals surface area (Å²) in [6, 6.07) is 8.97. The first-order valence-electron chi connectivity index (χ1n) is 10.9. The molecular weight excluding hydrogens is 368 g/mol. The summed E-state index contributed by atoms with van der Waals surface area (Å²) in [4.78, 5) is 4.57. The van der Waals surface area contributed by atoms with Crippen LogP contribution in [0.5, 0.6) is 0 Å². The van der Waals surface area contributed by atoms with Crippen LogP contribution in [-0.4, -0.2) is 4.98 Å². The third-order valence-corrected chi connectivity index (χ3v) is 7.20. The Kier molecular flexibility index (Phi) is 3.96. The SMILES string of the molecule is Cc1c[n+](C)c(-c2c(C)ccc3c2oc2ccc4c(c23)C(C)(C)CCC4(C)C)cn1. The van der Waals surface area contributed by atoms with Crippen molar-refractivity contribution in [2.24, 2.45) is 7.05 Å². The van der Waals surface area contributed by atoms with Crippen LogP contribution >= 0.6 is 0 Å². The zero-order valence-electron chi connectivity index (χ0n) is 19.2. The molecule has 0 atom stereocenters. The van der Waals surface area contributed by atoms with Crippen molar-refractivity contribution in [1.29, 1.82) is 0 Å². The average molecular weight is 400 g/mol. The van der Waals surface area contributed by atoms with Gasteiger partial charge < -0.3 is 4.42 Å². The van der Waals surface area contributed by atoms with E-state index in [1.54, 1.807) is 0 Å². The van der Waals surface area contributed by atoms with Crippen LogP contribution in [0.3, 0.4) is 0 Å². The Morgan fingerprint density at radius 1 is 0.967 bits per heavy atom. The predicted octanol–water partition coefficient (Wildman–Crippen LogP) is 6.44. The Balaban J connectivity index is 1.93. The Labute approximate surface area is 178 Å². The molecule has 2 heterocycles. The second-order valence-electron chi connectivity index (χ2n) is 10.4. The number of fused-ring (bicyclic) bond motifs is 5. The molecule has 2 aromatic heterocycles. The largest absolute Gasteiger partial charge is 0.455 e. The van der Waals surface area contributed by atoms with Crippen LogP contribution < -0.4 is 4.57 Å². The molecule has 0 radical (unpaired) electrons. The third-order valence-electron chi connectivity index (χ3n) is 7.20. The summed E-state index contributed by atoms with van der Waals surface area (Å²) in [6.45, 7) is 13.7. The van der Waals surface area contributed by atoms with Crippen molar-refractivity contribution in [3.8, 4) is 11.3 Å². The van der Waals surface area contributed by atoms with Gasteiger partial charge in [0.05, 0.1) is 11.8 Å². The standard InChI is InChI=1S/C27H31N2O/c1-16-8-9-18-23-21(11-10-19-24(23)27(5,6)13-12-26(19,3)4)30-25(18)22(16)20-14-28-17(2)15-29(20)7/h8-11,14-15H,12-13H2,1-7H3/q+1. The minimum atomic E-state index is 0.127. The molecule has 0 aliphatic heterocycles. The van der Waals surface area contributed by atoms with Gasteiger partial charge in [-0.3, -0.25) is 0 Å². The minimum absolute atomic E-state index is 0.127. The highest BCUT2D eigenvalue weighted by Gasteiger charge is 2.39. The number of nitrogens with zero attached hydrogens (tertiary/aromatic N) is 2. The van der Waals surface area contributed by atoms with Gasteiger partial charge in [-0.1, -0.05) is 45.9 Å². The van der Waals surface area contributed by atoms with Crippen LogP contribution in [0.15, 0.2) is 41.1 Å². The summed E-state index contributed by atoms with van der Waals surface area (Å²) in [5.41, 5.74) is 9.64. The molecule has 0 saturated carbocycles. The van der Waals surface area contributed by atoms with E-state index in [-0.39, 0.29) is 10.8 Å². The maximum Gasteiger partial charge on any atom is 0.234 e. The first-order valence-corrected chi connectivity index (χ1v) is 10.9. The van der Waals surface area contributed by atoms with Gasteiger partial charge in [0.2, 0.25) is 5.69 Å². The van der Waals surface area contributed by atoms with Crippen LogP contribution in [0.2, 0.25) is 0 Å². The molecule has 5 rings (SSSR count). The quantitative estimate of drug-likeness (QED) is 0.345. The van der Waals surface area contributed by atoms with E-state index in [1.807, 2.05) is 13.1 Å². The van der Waals surface area contributed by atoms with E-state index >= 15 is 0 Å². The van der Waals surface area contributed by atoms with E-state index in [2.05, 4.69) is 81.7 Å². The molecule has 0 amide bonds. The highest BCUT2D eigenvalue weighted by atomic mass is 16.3. The van der Waals surface area contributed by atoms with Crippen molar-refractivity contribution in [3.05, 3.63) is 59.0 Å². The van der Waals surface area contributed by atoms with Crippen molar-refractivity contribution in [2.75, 3.05) is 0 Å². The van der Waals surface area contributed by atoms with Gasteiger partial charge in [-0.05, 0) is 60.3 Å². The number of hydrogen-bond donors (Lipinski definition) is 0. The van der Waals surface area contributed by atoms with Crippen LogP contribution in [0.25, 0.3) is 33.2 Å². The number of hydrogen-bond acceptors (Lipinski definition) is 2. The highest BCUT2D eigenvalue weighted by molar-refractivity contribution is 6.12. The lowest BCUT2D eigenvalue weighted by Gasteiger charge is -2.42. The molecule has 30 heavy (non-hydrogen) atoms. The minimum Gasteiger partial charge on any atom is -0.455 e. The third kappa shape index (κ3) is 2.64. The topological polar surface area (TPSA) is 29.9 Å². The molecule has 0 fully saturated rings. The molecular formula is C27H31N2O+. The van der Waals surface area contributed by atoms with E-state index in [9.17, 15) is 0 Å². The van der Waals surface area contributed by atoms with E-state index in [0.717, 1.165) is 28.1 Å². The highest BCUT2D eigenvalue weighted by Crippen LogP contribution is 2.51. The molecule has 3 nitrogen and oxygen atoms in total. The summed E-state index contributed by atoms with van der Waals surface area (Å²) in [5, 5.41) is 2.51. The Hall–Kier alpha value is -2.68. The first-order chi connectivity index (χ1) is 14.1. The van der Waals surface area contributed by atoms with Crippen molar-refractivity contribution in [1.82, 2.24) is 4.98 Å². The summed E-state index contributed by atoms with van der Waals surface area (Å²) < 4.78 is 8.74. The first kappa shape index (κ1) is 19.3.